The highest BCUT2D eigenvalue weighted by molar-refractivity contribution is 7.17. The lowest BCUT2D eigenvalue weighted by molar-refractivity contribution is -0.116. The molecule has 0 atom stereocenters. The second-order valence-electron chi connectivity index (χ2n) is 6.73. The van der Waals surface area contributed by atoms with Crippen LogP contribution in [0.1, 0.15) is 0 Å². The molecule has 0 aliphatic rings. The Morgan fingerprint density at radius 3 is 2.80 bits per heavy atom. The van der Waals surface area contributed by atoms with Crippen molar-refractivity contribution in [2.24, 2.45) is 7.05 Å². The molecule has 4 heterocycles. The SMILES string of the molecule is Cn1ncc(-c2ccccc2)c1NC(=O)Cn1cc(-c2ncnc3ccsc23)cn1. The zero-order valence-electron chi connectivity index (χ0n) is 16.1. The molecule has 0 aliphatic heterocycles. The van der Waals surface area contributed by atoms with Crippen molar-refractivity contribution in [2.45, 2.75) is 6.54 Å². The van der Waals surface area contributed by atoms with Crippen molar-refractivity contribution in [1.29, 1.82) is 0 Å². The van der Waals surface area contributed by atoms with Crippen LogP contribution in [-0.4, -0.2) is 35.4 Å². The van der Waals surface area contributed by atoms with E-state index in [4.69, 9.17) is 0 Å². The first-order valence-electron chi connectivity index (χ1n) is 9.27. The van der Waals surface area contributed by atoms with E-state index in [9.17, 15) is 4.79 Å². The molecule has 5 aromatic rings. The predicted molar refractivity (Wildman–Crippen MR) is 116 cm³/mol. The van der Waals surface area contributed by atoms with Crippen LogP contribution in [0.4, 0.5) is 5.82 Å². The van der Waals surface area contributed by atoms with Crippen molar-refractivity contribution in [3.63, 3.8) is 0 Å². The number of benzene rings is 1. The van der Waals surface area contributed by atoms with Crippen molar-refractivity contribution < 1.29 is 4.79 Å². The molecule has 0 aliphatic carbocycles. The normalized spacial score (nSPS) is 11.1. The number of hydrogen-bond donors (Lipinski definition) is 1. The highest BCUT2D eigenvalue weighted by atomic mass is 32.1. The van der Waals surface area contributed by atoms with E-state index in [-0.39, 0.29) is 12.5 Å². The minimum atomic E-state index is -0.186. The first kappa shape index (κ1) is 18.2. The monoisotopic (exact) mass is 415 g/mol. The lowest BCUT2D eigenvalue weighted by Gasteiger charge is -2.09. The number of carbonyl (C=O) groups is 1. The molecule has 0 saturated carbocycles. The van der Waals surface area contributed by atoms with Gasteiger partial charge >= 0.3 is 0 Å². The zero-order valence-corrected chi connectivity index (χ0v) is 16.9. The van der Waals surface area contributed by atoms with Crippen LogP contribution in [0.5, 0.6) is 0 Å². The standard InChI is InChI=1S/C21H17N7OS/c1-27-21(16(10-24-27)14-5-3-2-4-6-14)26-18(29)12-28-11-15(9-25-28)19-20-17(7-8-30-20)22-13-23-19/h2-11,13H,12H2,1H3,(H,26,29). The highest BCUT2D eigenvalue weighted by Crippen LogP contribution is 2.29. The second kappa shape index (κ2) is 7.53. The van der Waals surface area contributed by atoms with Crippen LogP contribution >= 0.6 is 11.3 Å². The number of nitrogens with one attached hydrogen (secondary N) is 1. The molecular formula is C21H17N7OS. The molecule has 8 nitrogen and oxygen atoms in total. The minimum Gasteiger partial charge on any atom is -0.309 e. The summed E-state index contributed by atoms with van der Waals surface area (Å²) in [6.45, 7) is 0.0814. The third kappa shape index (κ3) is 3.35. The summed E-state index contributed by atoms with van der Waals surface area (Å²) in [4.78, 5) is 21.4. The first-order chi connectivity index (χ1) is 14.7. The summed E-state index contributed by atoms with van der Waals surface area (Å²) in [6.07, 6.45) is 6.83. The van der Waals surface area contributed by atoms with E-state index in [1.807, 2.05) is 48.0 Å². The maximum atomic E-state index is 12.7. The highest BCUT2D eigenvalue weighted by Gasteiger charge is 2.15. The summed E-state index contributed by atoms with van der Waals surface area (Å²) in [6, 6.07) is 11.8. The van der Waals surface area contributed by atoms with E-state index in [1.54, 1.807) is 46.5 Å². The molecule has 4 aromatic heterocycles. The van der Waals surface area contributed by atoms with Crippen LogP contribution in [0.25, 0.3) is 32.6 Å². The summed E-state index contributed by atoms with van der Waals surface area (Å²) in [5.74, 6) is 0.462. The molecule has 0 radical (unpaired) electrons. The number of fused-ring (bicyclic) bond motifs is 1. The number of anilines is 1. The van der Waals surface area contributed by atoms with Gasteiger partial charge in [0.2, 0.25) is 5.91 Å². The Kier molecular flexibility index (Phi) is 4.56. The minimum absolute atomic E-state index is 0.0814. The van der Waals surface area contributed by atoms with Gasteiger partial charge in [-0.25, -0.2) is 9.97 Å². The van der Waals surface area contributed by atoms with Gasteiger partial charge in [0.15, 0.2) is 0 Å². The number of aromatic nitrogens is 6. The van der Waals surface area contributed by atoms with Gasteiger partial charge in [0, 0.05) is 24.4 Å². The maximum absolute atomic E-state index is 12.7. The number of carbonyl (C=O) groups excluding carboxylic acids is 1. The van der Waals surface area contributed by atoms with E-state index in [0.29, 0.717) is 5.82 Å². The van der Waals surface area contributed by atoms with Crippen LogP contribution < -0.4 is 5.32 Å². The largest absolute Gasteiger partial charge is 0.309 e. The van der Waals surface area contributed by atoms with E-state index in [1.165, 1.54) is 0 Å². The first-order valence-corrected chi connectivity index (χ1v) is 10.2. The van der Waals surface area contributed by atoms with E-state index in [2.05, 4.69) is 25.5 Å². The van der Waals surface area contributed by atoms with Crippen molar-refractivity contribution in [2.75, 3.05) is 5.32 Å². The van der Waals surface area contributed by atoms with Crippen LogP contribution in [0.3, 0.4) is 0 Å². The fourth-order valence-corrected chi connectivity index (χ4v) is 4.16. The summed E-state index contributed by atoms with van der Waals surface area (Å²) >= 11 is 1.58. The van der Waals surface area contributed by atoms with Crippen molar-refractivity contribution in [1.82, 2.24) is 29.5 Å². The summed E-state index contributed by atoms with van der Waals surface area (Å²) in [5, 5.41) is 13.6. The number of nitrogens with zero attached hydrogens (tertiary/aromatic N) is 6. The Balaban J connectivity index is 1.35. The van der Waals surface area contributed by atoms with Gasteiger partial charge < -0.3 is 5.32 Å². The molecule has 1 N–H and O–H groups in total. The average molecular weight is 415 g/mol. The summed E-state index contributed by atoms with van der Waals surface area (Å²) < 4.78 is 4.26. The van der Waals surface area contributed by atoms with Gasteiger partial charge in [0.1, 0.15) is 18.7 Å². The molecule has 0 unspecified atom stereocenters. The number of amides is 1. The smallest absolute Gasteiger partial charge is 0.247 e. The van der Waals surface area contributed by atoms with Gasteiger partial charge in [-0.15, -0.1) is 11.3 Å². The molecule has 148 valence electrons. The molecule has 0 bridgehead atoms. The number of aryl methyl sites for hydroxylation is 1. The van der Waals surface area contributed by atoms with Crippen LogP contribution in [0, 0.1) is 0 Å². The van der Waals surface area contributed by atoms with Crippen molar-refractivity contribution >= 4 is 33.3 Å². The van der Waals surface area contributed by atoms with Crippen molar-refractivity contribution in [3.8, 4) is 22.4 Å². The fourth-order valence-electron chi connectivity index (χ4n) is 3.30. The molecule has 0 spiro atoms. The van der Waals surface area contributed by atoms with E-state index in [0.717, 1.165) is 32.6 Å². The topological polar surface area (TPSA) is 90.5 Å². The Bertz CT molecular complexity index is 1340. The maximum Gasteiger partial charge on any atom is 0.247 e. The van der Waals surface area contributed by atoms with Crippen LogP contribution in [0.15, 0.2) is 66.7 Å². The quantitative estimate of drug-likeness (QED) is 0.474. The van der Waals surface area contributed by atoms with Gasteiger partial charge in [0.05, 0.1) is 28.3 Å². The lowest BCUT2D eigenvalue weighted by atomic mass is 10.1. The molecule has 1 aromatic carbocycles. The molecule has 1 amide bonds. The van der Waals surface area contributed by atoms with Gasteiger partial charge in [-0.2, -0.15) is 10.2 Å². The summed E-state index contributed by atoms with van der Waals surface area (Å²) in [5.41, 5.74) is 4.43. The average Bonchev–Trinajstić information content (AvgIpc) is 3.49. The molecular weight excluding hydrogens is 398 g/mol. The lowest BCUT2D eigenvalue weighted by Crippen LogP contribution is -2.21. The molecule has 9 heteroatoms. The van der Waals surface area contributed by atoms with Crippen molar-refractivity contribution in [3.05, 3.63) is 66.7 Å². The Morgan fingerprint density at radius 2 is 1.93 bits per heavy atom. The van der Waals surface area contributed by atoms with E-state index >= 15 is 0 Å². The number of rotatable bonds is 5. The Labute approximate surface area is 175 Å². The Hall–Kier alpha value is -3.85. The predicted octanol–water partition coefficient (Wildman–Crippen LogP) is 3.59. The van der Waals surface area contributed by atoms with Gasteiger partial charge in [-0.1, -0.05) is 30.3 Å². The van der Waals surface area contributed by atoms with Crippen LogP contribution in [0.2, 0.25) is 0 Å². The van der Waals surface area contributed by atoms with Gasteiger partial charge in [-0.3, -0.25) is 14.2 Å². The third-order valence-corrected chi connectivity index (χ3v) is 5.65. The van der Waals surface area contributed by atoms with Crippen LogP contribution in [-0.2, 0) is 18.4 Å². The van der Waals surface area contributed by atoms with Gasteiger partial charge in [0.25, 0.3) is 0 Å². The zero-order chi connectivity index (χ0) is 20.5. The second-order valence-corrected chi connectivity index (χ2v) is 7.64. The molecule has 0 fully saturated rings. The molecule has 0 saturated heterocycles. The number of thiophene rings is 1. The summed E-state index contributed by atoms with van der Waals surface area (Å²) in [7, 11) is 1.80. The fraction of sp³-hybridized carbons (Fsp3) is 0.0952. The number of hydrogen-bond acceptors (Lipinski definition) is 6. The molecule has 30 heavy (non-hydrogen) atoms. The third-order valence-electron chi connectivity index (χ3n) is 4.74. The van der Waals surface area contributed by atoms with Gasteiger partial charge in [-0.05, 0) is 17.0 Å². The van der Waals surface area contributed by atoms with E-state index < -0.39 is 0 Å². The molecule has 5 rings (SSSR count). The Morgan fingerprint density at radius 1 is 1.07 bits per heavy atom.